The predicted molar refractivity (Wildman–Crippen MR) is 67.0 cm³/mol. The van der Waals surface area contributed by atoms with E-state index in [9.17, 15) is 4.79 Å². The highest BCUT2D eigenvalue weighted by Crippen LogP contribution is 2.26. The van der Waals surface area contributed by atoms with Crippen molar-refractivity contribution in [2.75, 3.05) is 11.9 Å². The van der Waals surface area contributed by atoms with Crippen molar-refractivity contribution in [1.29, 1.82) is 0 Å². The number of rotatable bonds is 3. The molecule has 0 amide bonds. The van der Waals surface area contributed by atoms with Gasteiger partial charge in [-0.1, -0.05) is 26.0 Å². The smallest absolute Gasteiger partial charge is 0.163 e. The van der Waals surface area contributed by atoms with Gasteiger partial charge in [0.2, 0.25) is 0 Å². The van der Waals surface area contributed by atoms with Gasteiger partial charge in [-0.05, 0) is 30.4 Å². The molecule has 16 heavy (non-hydrogen) atoms. The van der Waals surface area contributed by atoms with E-state index in [1.165, 1.54) is 5.56 Å². The normalized spacial score (nSPS) is 14.4. The van der Waals surface area contributed by atoms with Gasteiger partial charge in [-0.3, -0.25) is 4.79 Å². The minimum atomic E-state index is 0.288. The zero-order valence-electron chi connectivity index (χ0n) is 10.0. The van der Waals surface area contributed by atoms with E-state index in [1.54, 1.807) is 0 Å². The van der Waals surface area contributed by atoms with Crippen molar-refractivity contribution in [2.45, 2.75) is 33.1 Å². The topological polar surface area (TPSA) is 29.1 Å². The van der Waals surface area contributed by atoms with Gasteiger partial charge >= 0.3 is 0 Å². The van der Waals surface area contributed by atoms with E-state index in [0.717, 1.165) is 30.6 Å². The van der Waals surface area contributed by atoms with Crippen LogP contribution in [-0.4, -0.2) is 12.3 Å². The summed E-state index contributed by atoms with van der Waals surface area (Å²) in [6.45, 7) is 5.20. The lowest BCUT2D eigenvalue weighted by Gasteiger charge is -2.20. The molecule has 0 bridgehead atoms. The number of Topliss-reactive ketones (excluding diaryl/α,β-unsaturated/α-hetero) is 1. The lowest BCUT2D eigenvalue weighted by Crippen LogP contribution is -2.16. The van der Waals surface area contributed by atoms with Crippen molar-refractivity contribution in [2.24, 2.45) is 5.92 Å². The molecule has 1 aliphatic heterocycles. The van der Waals surface area contributed by atoms with E-state index in [4.69, 9.17) is 0 Å². The Hall–Kier alpha value is -1.31. The quantitative estimate of drug-likeness (QED) is 0.787. The summed E-state index contributed by atoms with van der Waals surface area (Å²) in [5.41, 5.74) is 3.30. The lowest BCUT2D eigenvalue weighted by molar-refractivity contribution is 0.0967. The third kappa shape index (κ3) is 2.26. The van der Waals surface area contributed by atoms with E-state index in [1.807, 2.05) is 12.1 Å². The van der Waals surface area contributed by atoms with Gasteiger partial charge in [-0.2, -0.15) is 0 Å². The highest BCUT2D eigenvalue weighted by molar-refractivity contribution is 5.99. The molecule has 0 saturated heterocycles. The van der Waals surface area contributed by atoms with Crippen LogP contribution < -0.4 is 5.32 Å². The summed E-state index contributed by atoms with van der Waals surface area (Å²) in [5, 5.41) is 3.36. The molecule has 0 aromatic heterocycles. The van der Waals surface area contributed by atoms with Crippen LogP contribution in [0.25, 0.3) is 0 Å². The Balaban J connectivity index is 2.30. The zero-order chi connectivity index (χ0) is 11.5. The monoisotopic (exact) mass is 217 g/mol. The third-order valence-corrected chi connectivity index (χ3v) is 2.99. The van der Waals surface area contributed by atoms with Crippen molar-refractivity contribution in [1.82, 2.24) is 0 Å². The number of ketones is 1. The van der Waals surface area contributed by atoms with E-state index in [0.29, 0.717) is 12.3 Å². The summed E-state index contributed by atoms with van der Waals surface area (Å²) < 4.78 is 0. The maximum absolute atomic E-state index is 12.1. The van der Waals surface area contributed by atoms with Crippen LogP contribution in [0.1, 0.15) is 42.6 Å². The fourth-order valence-corrected chi connectivity index (χ4v) is 2.25. The number of carbonyl (C=O) groups is 1. The van der Waals surface area contributed by atoms with Crippen LogP contribution >= 0.6 is 0 Å². The summed E-state index contributed by atoms with van der Waals surface area (Å²) in [6.07, 6.45) is 2.80. The largest absolute Gasteiger partial charge is 0.385 e. The maximum Gasteiger partial charge on any atom is 0.163 e. The molecule has 0 fully saturated rings. The average molecular weight is 217 g/mol. The molecule has 2 rings (SSSR count). The Bertz CT molecular complexity index is 396. The SMILES string of the molecule is CC(C)CC(=O)c1cccc2c1CCCN2. The molecule has 1 N–H and O–H groups in total. The molecule has 2 nitrogen and oxygen atoms in total. The van der Waals surface area contributed by atoms with Crippen LogP contribution in [0, 0.1) is 5.92 Å². The Morgan fingerprint density at radius 3 is 3.00 bits per heavy atom. The zero-order valence-corrected chi connectivity index (χ0v) is 10.0. The molecule has 1 aromatic carbocycles. The average Bonchev–Trinajstić information content (AvgIpc) is 2.27. The van der Waals surface area contributed by atoms with Crippen molar-refractivity contribution in [3.05, 3.63) is 29.3 Å². The molecule has 1 heterocycles. The highest BCUT2D eigenvalue weighted by Gasteiger charge is 2.17. The molecular formula is C14H19NO. The molecule has 0 radical (unpaired) electrons. The second-order valence-electron chi connectivity index (χ2n) is 4.88. The summed E-state index contributed by atoms with van der Waals surface area (Å²) in [7, 11) is 0. The Morgan fingerprint density at radius 1 is 1.44 bits per heavy atom. The Labute approximate surface area is 97.1 Å². The van der Waals surface area contributed by atoms with Gasteiger partial charge in [-0.25, -0.2) is 0 Å². The Kier molecular flexibility index (Phi) is 3.28. The first-order valence-electron chi connectivity index (χ1n) is 6.07. The number of hydrogen-bond donors (Lipinski definition) is 1. The Morgan fingerprint density at radius 2 is 2.25 bits per heavy atom. The fourth-order valence-electron chi connectivity index (χ4n) is 2.25. The van der Waals surface area contributed by atoms with Gasteiger partial charge in [0, 0.05) is 24.2 Å². The fraction of sp³-hybridized carbons (Fsp3) is 0.500. The maximum atomic E-state index is 12.1. The van der Waals surface area contributed by atoms with Crippen LogP contribution in [0.3, 0.4) is 0 Å². The van der Waals surface area contributed by atoms with Gasteiger partial charge in [0.05, 0.1) is 0 Å². The van der Waals surface area contributed by atoms with Crippen LogP contribution in [0.2, 0.25) is 0 Å². The van der Waals surface area contributed by atoms with E-state index in [2.05, 4.69) is 25.2 Å². The minimum absolute atomic E-state index is 0.288. The summed E-state index contributed by atoms with van der Waals surface area (Å²) in [6, 6.07) is 6.02. The van der Waals surface area contributed by atoms with Gasteiger partial charge in [0.1, 0.15) is 0 Å². The highest BCUT2D eigenvalue weighted by atomic mass is 16.1. The number of nitrogens with one attached hydrogen (secondary N) is 1. The van der Waals surface area contributed by atoms with E-state index in [-0.39, 0.29) is 5.78 Å². The van der Waals surface area contributed by atoms with Crippen LogP contribution in [0.15, 0.2) is 18.2 Å². The molecule has 0 atom stereocenters. The van der Waals surface area contributed by atoms with Crippen molar-refractivity contribution < 1.29 is 4.79 Å². The summed E-state index contributed by atoms with van der Waals surface area (Å²) in [4.78, 5) is 12.1. The number of carbonyl (C=O) groups excluding carboxylic acids is 1. The summed E-state index contributed by atoms with van der Waals surface area (Å²) in [5.74, 6) is 0.718. The minimum Gasteiger partial charge on any atom is -0.385 e. The van der Waals surface area contributed by atoms with Gasteiger partial charge in [-0.15, -0.1) is 0 Å². The molecule has 0 unspecified atom stereocenters. The van der Waals surface area contributed by atoms with Crippen molar-refractivity contribution >= 4 is 11.5 Å². The van der Waals surface area contributed by atoms with Gasteiger partial charge < -0.3 is 5.32 Å². The molecule has 0 aliphatic carbocycles. The second kappa shape index (κ2) is 4.69. The van der Waals surface area contributed by atoms with E-state index >= 15 is 0 Å². The molecule has 0 saturated carbocycles. The van der Waals surface area contributed by atoms with E-state index < -0.39 is 0 Å². The predicted octanol–water partition coefficient (Wildman–Crippen LogP) is 3.27. The molecule has 86 valence electrons. The van der Waals surface area contributed by atoms with Gasteiger partial charge in [0.15, 0.2) is 5.78 Å². The van der Waals surface area contributed by atoms with Crippen molar-refractivity contribution in [3.8, 4) is 0 Å². The molecule has 1 aromatic rings. The number of benzene rings is 1. The van der Waals surface area contributed by atoms with Gasteiger partial charge in [0.25, 0.3) is 0 Å². The first-order valence-corrected chi connectivity index (χ1v) is 6.07. The number of anilines is 1. The molecule has 0 spiro atoms. The summed E-state index contributed by atoms with van der Waals surface area (Å²) >= 11 is 0. The first-order chi connectivity index (χ1) is 7.68. The number of fused-ring (bicyclic) bond motifs is 1. The molecule has 2 heteroatoms. The number of hydrogen-bond acceptors (Lipinski definition) is 2. The third-order valence-electron chi connectivity index (χ3n) is 2.99. The van der Waals surface area contributed by atoms with Crippen LogP contribution in [0.5, 0.6) is 0 Å². The van der Waals surface area contributed by atoms with Crippen LogP contribution in [0.4, 0.5) is 5.69 Å². The lowest BCUT2D eigenvalue weighted by atomic mass is 9.92. The first kappa shape index (κ1) is 11.2. The van der Waals surface area contributed by atoms with Crippen molar-refractivity contribution in [3.63, 3.8) is 0 Å². The standard InChI is InChI=1S/C14H19NO/c1-10(2)9-14(16)12-5-3-7-13-11(12)6-4-8-15-13/h3,5,7,10,15H,4,6,8-9H2,1-2H3. The van der Waals surface area contributed by atoms with Crippen LogP contribution in [-0.2, 0) is 6.42 Å². The molecule has 1 aliphatic rings. The molecular weight excluding hydrogens is 198 g/mol. The second-order valence-corrected chi connectivity index (χ2v) is 4.88.